The van der Waals surface area contributed by atoms with Gasteiger partial charge in [-0.2, -0.15) is 5.26 Å². The van der Waals surface area contributed by atoms with Gasteiger partial charge in [0.05, 0.1) is 22.7 Å². The minimum absolute atomic E-state index is 0.00296. The molecule has 6 rings (SSSR count). The lowest BCUT2D eigenvalue weighted by Crippen LogP contribution is -2.42. The van der Waals surface area contributed by atoms with Crippen molar-refractivity contribution in [3.63, 3.8) is 0 Å². The number of nitrogens with zero attached hydrogens (tertiary/aromatic N) is 4. The van der Waals surface area contributed by atoms with Crippen LogP contribution in [0.4, 0.5) is 10.2 Å². The molecule has 6 nitrogen and oxygen atoms in total. The number of fused-ring (bicyclic) bond motifs is 1. The predicted molar refractivity (Wildman–Crippen MR) is 160 cm³/mol. The maximum atomic E-state index is 14.5. The highest BCUT2D eigenvalue weighted by Gasteiger charge is 2.32. The molecule has 0 spiro atoms. The zero-order valence-electron chi connectivity index (χ0n) is 22.7. The third kappa shape index (κ3) is 5.90. The summed E-state index contributed by atoms with van der Waals surface area (Å²) in [5, 5.41) is 13.5. The van der Waals surface area contributed by atoms with Gasteiger partial charge in [-0.05, 0) is 92.4 Å². The number of halogens is 2. The summed E-state index contributed by atoms with van der Waals surface area (Å²) in [6.45, 7) is 4.04. The summed E-state index contributed by atoms with van der Waals surface area (Å²) in [5.41, 5.74) is 4.22. The van der Waals surface area contributed by atoms with E-state index in [0.29, 0.717) is 33.0 Å². The molecule has 2 fully saturated rings. The summed E-state index contributed by atoms with van der Waals surface area (Å²) in [6.07, 6.45) is 4.43. The van der Waals surface area contributed by atoms with Crippen molar-refractivity contribution in [1.29, 1.82) is 5.26 Å². The fourth-order valence-electron chi connectivity index (χ4n) is 5.97. The molecule has 0 unspecified atom stereocenters. The molecule has 0 saturated carbocycles. The zero-order chi connectivity index (χ0) is 28.3. The molecule has 4 aromatic rings. The summed E-state index contributed by atoms with van der Waals surface area (Å²) < 4.78 is 14.5. The second-order valence-electron chi connectivity index (χ2n) is 10.9. The van der Waals surface area contributed by atoms with Crippen molar-refractivity contribution in [2.24, 2.45) is 0 Å². The number of rotatable bonds is 7. The molecule has 1 atom stereocenters. The maximum Gasteiger partial charge on any atom is 0.254 e. The predicted octanol–water partition coefficient (Wildman–Crippen LogP) is 6.88. The van der Waals surface area contributed by atoms with Crippen LogP contribution < -0.4 is 5.32 Å². The number of hydrogen-bond donors (Lipinski definition) is 1. The molecule has 0 bridgehead atoms. The van der Waals surface area contributed by atoms with E-state index in [2.05, 4.69) is 16.3 Å². The second kappa shape index (κ2) is 11.9. The van der Waals surface area contributed by atoms with E-state index < -0.39 is 5.82 Å². The zero-order valence-corrected chi connectivity index (χ0v) is 23.5. The molecule has 0 aliphatic carbocycles. The Morgan fingerprint density at radius 1 is 1.00 bits per heavy atom. The second-order valence-corrected chi connectivity index (χ2v) is 11.3. The first-order valence-electron chi connectivity index (χ1n) is 14.1. The van der Waals surface area contributed by atoms with Gasteiger partial charge in [0, 0.05) is 41.6 Å². The fourth-order valence-corrected chi connectivity index (χ4v) is 6.13. The van der Waals surface area contributed by atoms with Gasteiger partial charge in [-0.1, -0.05) is 35.9 Å². The molecule has 2 aliphatic heterocycles. The van der Waals surface area contributed by atoms with E-state index in [1.54, 1.807) is 30.3 Å². The van der Waals surface area contributed by atoms with Gasteiger partial charge < -0.3 is 15.1 Å². The van der Waals surface area contributed by atoms with E-state index in [0.717, 1.165) is 55.5 Å². The van der Waals surface area contributed by atoms with Gasteiger partial charge in [-0.25, -0.2) is 9.37 Å². The van der Waals surface area contributed by atoms with E-state index in [-0.39, 0.29) is 18.5 Å². The number of carbonyl (C=O) groups excluding carboxylic acids is 1. The number of aromatic nitrogens is 1. The van der Waals surface area contributed by atoms with Gasteiger partial charge >= 0.3 is 0 Å². The van der Waals surface area contributed by atoms with Crippen molar-refractivity contribution < 1.29 is 9.18 Å². The van der Waals surface area contributed by atoms with E-state index in [1.807, 2.05) is 35.2 Å². The molecular formula is C33H31ClFN5O. The number of amides is 1. The van der Waals surface area contributed by atoms with Crippen LogP contribution in [0.2, 0.25) is 5.02 Å². The normalized spacial score (nSPS) is 17.2. The smallest absolute Gasteiger partial charge is 0.254 e. The Kier molecular flexibility index (Phi) is 7.86. The van der Waals surface area contributed by atoms with Crippen LogP contribution in [-0.4, -0.2) is 52.9 Å². The first-order chi connectivity index (χ1) is 20.0. The van der Waals surface area contributed by atoms with Gasteiger partial charge in [-0.3, -0.25) is 4.79 Å². The van der Waals surface area contributed by atoms with Crippen LogP contribution in [0.15, 0.2) is 66.7 Å². The Labute approximate surface area is 244 Å². The van der Waals surface area contributed by atoms with Crippen LogP contribution in [0.1, 0.15) is 47.2 Å². The van der Waals surface area contributed by atoms with E-state index in [4.69, 9.17) is 16.6 Å². The number of anilines is 1. The highest BCUT2D eigenvalue weighted by atomic mass is 35.5. The number of likely N-dealkylation sites (tertiary alicyclic amines) is 2. The van der Waals surface area contributed by atoms with Gasteiger partial charge in [0.1, 0.15) is 11.6 Å². The average Bonchev–Trinajstić information content (AvgIpc) is 3.68. The van der Waals surface area contributed by atoms with Crippen LogP contribution >= 0.6 is 11.6 Å². The lowest BCUT2D eigenvalue weighted by molar-refractivity contribution is 0.0710. The Morgan fingerprint density at radius 2 is 1.78 bits per heavy atom. The number of hydrogen-bond acceptors (Lipinski definition) is 5. The quantitative estimate of drug-likeness (QED) is 0.263. The third-order valence-corrected chi connectivity index (χ3v) is 8.40. The lowest BCUT2D eigenvalue weighted by Gasteiger charge is -2.29. The number of carbonyl (C=O) groups is 1. The Hall–Kier alpha value is -3.99. The number of benzene rings is 3. The van der Waals surface area contributed by atoms with Crippen molar-refractivity contribution in [2.75, 3.05) is 31.5 Å². The molecule has 8 heteroatoms. The first-order valence-corrected chi connectivity index (χ1v) is 14.5. The van der Waals surface area contributed by atoms with Crippen molar-refractivity contribution >= 4 is 34.2 Å². The molecule has 1 amide bonds. The van der Waals surface area contributed by atoms with Gasteiger partial charge in [0.2, 0.25) is 0 Å². The SMILES string of the molecule is N#Cc1ccc(-c2ccc3nc(NCc4ccc(Cl)cc4F)cc(C(=O)N4CCC[C@H]4CN4CCCC4)c3c2)cc1. The Balaban J connectivity index is 1.36. The molecule has 2 saturated heterocycles. The summed E-state index contributed by atoms with van der Waals surface area (Å²) in [4.78, 5) is 23.5. The first kappa shape index (κ1) is 27.2. The summed E-state index contributed by atoms with van der Waals surface area (Å²) in [5.74, 6) is 0.115. The van der Waals surface area contributed by atoms with Crippen LogP contribution in [0.5, 0.6) is 0 Å². The number of nitriles is 1. The summed E-state index contributed by atoms with van der Waals surface area (Å²) in [7, 11) is 0. The van der Waals surface area contributed by atoms with E-state index in [1.165, 1.54) is 18.9 Å². The van der Waals surface area contributed by atoms with Gasteiger partial charge in [-0.15, -0.1) is 0 Å². The lowest BCUT2D eigenvalue weighted by atomic mass is 9.99. The minimum atomic E-state index is -0.393. The third-order valence-electron chi connectivity index (χ3n) is 8.17. The maximum absolute atomic E-state index is 14.5. The molecule has 208 valence electrons. The standard InChI is InChI=1S/C33H31ClFN5O/c34-26-11-9-25(30(35)17-26)20-37-32-18-29(33(41)40-15-3-4-27(40)21-39-13-1-2-14-39)28-16-24(10-12-31(28)38-32)23-7-5-22(19-36)6-8-23/h5-12,16-18,27H,1-4,13-15,20-21H2,(H,37,38)/t27-/m0/s1. The molecule has 1 aromatic heterocycles. The van der Waals surface area contributed by atoms with Crippen molar-refractivity contribution in [3.8, 4) is 17.2 Å². The summed E-state index contributed by atoms with van der Waals surface area (Å²) >= 11 is 5.92. The van der Waals surface area contributed by atoms with E-state index >= 15 is 0 Å². The molecule has 1 N–H and O–H groups in total. The molecule has 2 aliphatic rings. The van der Waals surface area contributed by atoms with Crippen LogP contribution in [0, 0.1) is 17.1 Å². The number of pyridine rings is 1. The van der Waals surface area contributed by atoms with Gasteiger partial charge in [0.15, 0.2) is 0 Å². The highest BCUT2D eigenvalue weighted by Crippen LogP contribution is 2.31. The van der Waals surface area contributed by atoms with E-state index in [9.17, 15) is 14.4 Å². The van der Waals surface area contributed by atoms with Crippen molar-refractivity contribution in [1.82, 2.24) is 14.8 Å². The number of nitrogens with one attached hydrogen (secondary N) is 1. The highest BCUT2D eigenvalue weighted by molar-refractivity contribution is 6.30. The molecule has 3 aromatic carbocycles. The van der Waals surface area contributed by atoms with Crippen molar-refractivity contribution in [2.45, 2.75) is 38.3 Å². The van der Waals surface area contributed by atoms with Crippen LogP contribution in [0.25, 0.3) is 22.0 Å². The Morgan fingerprint density at radius 3 is 2.54 bits per heavy atom. The summed E-state index contributed by atoms with van der Waals surface area (Å²) in [6, 6.07) is 22.0. The monoisotopic (exact) mass is 567 g/mol. The Bertz CT molecular complexity index is 1630. The minimum Gasteiger partial charge on any atom is -0.366 e. The average molecular weight is 568 g/mol. The molecule has 41 heavy (non-hydrogen) atoms. The van der Waals surface area contributed by atoms with Crippen molar-refractivity contribution in [3.05, 3.63) is 94.3 Å². The van der Waals surface area contributed by atoms with Crippen LogP contribution in [0.3, 0.4) is 0 Å². The van der Waals surface area contributed by atoms with Crippen LogP contribution in [-0.2, 0) is 6.54 Å². The molecule has 0 radical (unpaired) electrons. The largest absolute Gasteiger partial charge is 0.366 e. The van der Waals surface area contributed by atoms with Gasteiger partial charge in [0.25, 0.3) is 5.91 Å². The molecule has 3 heterocycles. The molecular weight excluding hydrogens is 537 g/mol. The topological polar surface area (TPSA) is 72.3 Å². The fraction of sp³-hybridized carbons (Fsp3) is 0.303.